The average molecular weight is 240 g/mol. The Morgan fingerprint density at radius 1 is 1.06 bits per heavy atom. The zero-order valence-electron chi connectivity index (χ0n) is 10.9. The molecule has 0 radical (unpaired) electrons. The van der Waals surface area contributed by atoms with Crippen molar-refractivity contribution in [1.82, 2.24) is 0 Å². The van der Waals surface area contributed by atoms with Crippen molar-refractivity contribution in [2.45, 2.75) is 38.2 Å². The Balaban J connectivity index is 2.19. The number of rotatable bonds is 1. The minimum Gasteiger partial charge on any atom is -0.385 e. The topological polar surface area (TPSA) is 20.2 Å². The summed E-state index contributed by atoms with van der Waals surface area (Å²) in [6, 6.07) is 14.7. The Kier molecular flexibility index (Phi) is 2.87. The fourth-order valence-electron chi connectivity index (χ4n) is 3.33. The molecular formula is C17H20O. The van der Waals surface area contributed by atoms with Crippen LogP contribution in [0.25, 0.3) is 10.8 Å². The van der Waals surface area contributed by atoms with E-state index in [0.29, 0.717) is 5.92 Å². The Labute approximate surface area is 108 Å². The first-order valence-electron chi connectivity index (χ1n) is 6.92. The van der Waals surface area contributed by atoms with Crippen LogP contribution >= 0.6 is 0 Å². The van der Waals surface area contributed by atoms with Crippen LogP contribution in [0.5, 0.6) is 0 Å². The number of hydrogen-bond donors (Lipinski definition) is 1. The molecule has 94 valence electrons. The molecule has 2 atom stereocenters. The van der Waals surface area contributed by atoms with Crippen LogP contribution in [0, 0.1) is 5.92 Å². The molecule has 0 aromatic heterocycles. The van der Waals surface area contributed by atoms with Crippen molar-refractivity contribution < 1.29 is 5.11 Å². The molecule has 2 unspecified atom stereocenters. The molecule has 3 rings (SSSR count). The lowest BCUT2D eigenvalue weighted by atomic mass is 9.71. The molecule has 2 aromatic carbocycles. The molecule has 0 bridgehead atoms. The van der Waals surface area contributed by atoms with Crippen LogP contribution in [0.15, 0.2) is 42.5 Å². The molecule has 1 saturated carbocycles. The van der Waals surface area contributed by atoms with E-state index in [-0.39, 0.29) is 0 Å². The highest BCUT2D eigenvalue weighted by molar-refractivity contribution is 5.86. The first kappa shape index (κ1) is 11.7. The lowest BCUT2D eigenvalue weighted by Gasteiger charge is -2.39. The summed E-state index contributed by atoms with van der Waals surface area (Å²) in [5, 5.41) is 13.5. The lowest BCUT2D eigenvalue weighted by Crippen LogP contribution is -2.36. The van der Waals surface area contributed by atoms with Gasteiger partial charge in [-0.15, -0.1) is 0 Å². The number of aliphatic hydroxyl groups is 1. The third-order valence-corrected chi connectivity index (χ3v) is 4.52. The molecule has 1 aliphatic carbocycles. The first-order chi connectivity index (χ1) is 8.72. The molecule has 0 heterocycles. The van der Waals surface area contributed by atoms with Gasteiger partial charge in [0.2, 0.25) is 0 Å². The minimum absolute atomic E-state index is 0.344. The SMILES string of the molecule is CC1CCCCC1(O)c1cccc2ccccc12. The average Bonchev–Trinajstić information content (AvgIpc) is 2.41. The maximum atomic E-state index is 11.1. The summed E-state index contributed by atoms with van der Waals surface area (Å²) < 4.78 is 0. The van der Waals surface area contributed by atoms with Gasteiger partial charge in [-0.2, -0.15) is 0 Å². The van der Waals surface area contributed by atoms with Gasteiger partial charge in [-0.05, 0) is 35.1 Å². The Morgan fingerprint density at radius 3 is 2.67 bits per heavy atom. The van der Waals surface area contributed by atoms with Gasteiger partial charge < -0.3 is 5.11 Å². The molecule has 1 aliphatic rings. The van der Waals surface area contributed by atoms with Gasteiger partial charge in [-0.25, -0.2) is 0 Å². The zero-order chi connectivity index (χ0) is 12.6. The van der Waals surface area contributed by atoms with E-state index in [1.54, 1.807) is 0 Å². The monoisotopic (exact) mass is 240 g/mol. The van der Waals surface area contributed by atoms with E-state index in [1.807, 2.05) is 0 Å². The fourth-order valence-corrected chi connectivity index (χ4v) is 3.33. The van der Waals surface area contributed by atoms with Crippen molar-refractivity contribution >= 4 is 10.8 Å². The van der Waals surface area contributed by atoms with Crippen LogP contribution in [0.2, 0.25) is 0 Å². The van der Waals surface area contributed by atoms with E-state index in [9.17, 15) is 5.11 Å². The highest BCUT2D eigenvalue weighted by Crippen LogP contribution is 2.43. The molecule has 0 saturated heterocycles. The Morgan fingerprint density at radius 2 is 1.83 bits per heavy atom. The third-order valence-electron chi connectivity index (χ3n) is 4.52. The molecule has 1 fully saturated rings. The molecule has 2 aromatic rings. The van der Waals surface area contributed by atoms with Crippen LogP contribution in [-0.2, 0) is 5.60 Å². The van der Waals surface area contributed by atoms with Gasteiger partial charge in [-0.3, -0.25) is 0 Å². The molecule has 1 heteroatoms. The summed E-state index contributed by atoms with van der Waals surface area (Å²) in [6.07, 6.45) is 4.39. The predicted octanol–water partition coefficient (Wildman–Crippen LogP) is 4.24. The standard InChI is InChI=1S/C17H20O/c1-13-7-4-5-12-17(13,18)16-11-6-9-14-8-2-3-10-15(14)16/h2-3,6,8-11,13,18H,4-5,7,12H2,1H3. The van der Waals surface area contributed by atoms with E-state index < -0.39 is 5.60 Å². The van der Waals surface area contributed by atoms with Crippen molar-refractivity contribution in [3.63, 3.8) is 0 Å². The first-order valence-corrected chi connectivity index (χ1v) is 6.92. The van der Waals surface area contributed by atoms with Crippen molar-refractivity contribution in [2.75, 3.05) is 0 Å². The van der Waals surface area contributed by atoms with Crippen molar-refractivity contribution in [3.8, 4) is 0 Å². The van der Waals surface area contributed by atoms with Gasteiger partial charge in [0, 0.05) is 0 Å². The summed E-state index contributed by atoms with van der Waals surface area (Å²) in [6.45, 7) is 2.18. The van der Waals surface area contributed by atoms with E-state index in [1.165, 1.54) is 17.2 Å². The second kappa shape index (κ2) is 4.40. The van der Waals surface area contributed by atoms with Crippen molar-refractivity contribution in [3.05, 3.63) is 48.0 Å². The normalized spacial score (nSPS) is 28.4. The molecule has 1 N–H and O–H groups in total. The maximum Gasteiger partial charge on any atom is 0.0927 e. The van der Waals surface area contributed by atoms with Gasteiger partial charge in [0.1, 0.15) is 0 Å². The summed E-state index contributed by atoms with van der Waals surface area (Å²) in [7, 11) is 0. The van der Waals surface area contributed by atoms with Crippen molar-refractivity contribution in [2.24, 2.45) is 5.92 Å². The summed E-state index contributed by atoms with van der Waals surface area (Å²) in [5.41, 5.74) is 0.479. The van der Waals surface area contributed by atoms with Gasteiger partial charge >= 0.3 is 0 Å². The van der Waals surface area contributed by atoms with Crippen LogP contribution in [0.4, 0.5) is 0 Å². The molecule has 0 aliphatic heterocycles. The molecule has 18 heavy (non-hydrogen) atoms. The maximum absolute atomic E-state index is 11.1. The number of benzene rings is 2. The van der Waals surface area contributed by atoms with E-state index in [4.69, 9.17) is 0 Å². The van der Waals surface area contributed by atoms with Crippen LogP contribution in [0.1, 0.15) is 38.2 Å². The number of hydrogen-bond acceptors (Lipinski definition) is 1. The van der Waals surface area contributed by atoms with Crippen LogP contribution in [-0.4, -0.2) is 5.11 Å². The van der Waals surface area contributed by atoms with Gasteiger partial charge in [-0.1, -0.05) is 62.2 Å². The second-order valence-corrected chi connectivity index (χ2v) is 5.60. The van der Waals surface area contributed by atoms with E-state index in [2.05, 4.69) is 49.4 Å². The Bertz CT molecular complexity index is 555. The quantitative estimate of drug-likeness (QED) is 0.790. The van der Waals surface area contributed by atoms with Gasteiger partial charge in [0.15, 0.2) is 0 Å². The zero-order valence-corrected chi connectivity index (χ0v) is 10.9. The number of fused-ring (bicyclic) bond motifs is 1. The summed E-state index contributed by atoms with van der Waals surface area (Å²) in [4.78, 5) is 0. The third kappa shape index (κ3) is 1.74. The van der Waals surface area contributed by atoms with E-state index >= 15 is 0 Å². The molecule has 0 amide bonds. The van der Waals surface area contributed by atoms with Crippen molar-refractivity contribution in [1.29, 1.82) is 0 Å². The summed E-state index contributed by atoms with van der Waals surface area (Å²) >= 11 is 0. The van der Waals surface area contributed by atoms with E-state index in [0.717, 1.165) is 24.8 Å². The molecule has 0 spiro atoms. The van der Waals surface area contributed by atoms with Gasteiger partial charge in [0.25, 0.3) is 0 Å². The second-order valence-electron chi connectivity index (χ2n) is 5.60. The highest BCUT2D eigenvalue weighted by Gasteiger charge is 2.38. The summed E-state index contributed by atoms with van der Waals surface area (Å²) in [5.74, 6) is 0.344. The van der Waals surface area contributed by atoms with Gasteiger partial charge in [0.05, 0.1) is 5.60 Å². The Hall–Kier alpha value is -1.34. The molecular weight excluding hydrogens is 220 g/mol. The lowest BCUT2D eigenvalue weighted by molar-refractivity contribution is -0.0456. The van der Waals surface area contributed by atoms with Crippen LogP contribution in [0.3, 0.4) is 0 Å². The highest BCUT2D eigenvalue weighted by atomic mass is 16.3. The predicted molar refractivity (Wildman–Crippen MR) is 75.5 cm³/mol. The fraction of sp³-hybridized carbons (Fsp3) is 0.412. The van der Waals surface area contributed by atoms with Crippen LogP contribution < -0.4 is 0 Å². The largest absolute Gasteiger partial charge is 0.385 e. The minimum atomic E-state index is -0.640. The molecule has 1 nitrogen and oxygen atoms in total. The smallest absolute Gasteiger partial charge is 0.0927 e.